The molecule has 4 rings (SSSR count). The lowest BCUT2D eigenvalue weighted by molar-refractivity contribution is -0.138. The molecule has 38 heavy (non-hydrogen) atoms. The van der Waals surface area contributed by atoms with Gasteiger partial charge in [0, 0.05) is 39.4 Å². The number of benzene rings is 1. The van der Waals surface area contributed by atoms with Crippen LogP contribution in [0.1, 0.15) is 23.2 Å². The molecule has 9 nitrogen and oxygen atoms in total. The molecular formula is C25H27F4N7O2. The van der Waals surface area contributed by atoms with Crippen molar-refractivity contribution < 1.29 is 27.2 Å². The molecule has 2 amide bonds. The van der Waals surface area contributed by atoms with Gasteiger partial charge in [-0.05, 0) is 31.5 Å². The number of hydrogen-bond acceptors (Lipinski definition) is 7. The molecule has 0 radical (unpaired) electrons. The van der Waals surface area contributed by atoms with E-state index in [-0.39, 0.29) is 60.9 Å². The fourth-order valence-corrected chi connectivity index (χ4v) is 4.81. The fourth-order valence-electron chi connectivity index (χ4n) is 4.81. The highest BCUT2D eigenvalue weighted by atomic mass is 19.4. The van der Waals surface area contributed by atoms with Gasteiger partial charge in [0.15, 0.2) is 0 Å². The van der Waals surface area contributed by atoms with Crippen LogP contribution in [0.25, 0.3) is 0 Å². The van der Waals surface area contributed by atoms with Gasteiger partial charge in [0.2, 0.25) is 11.8 Å². The predicted molar refractivity (Wildman–Crippen MR) is 132 cm³/mol. The summed E-state index contributed by atoms with van der Waals surface area (Å²) in [5.41, 5.74) is -1.37. The molecule has 2 aliphatic rings. The molecule has 0 bridgehead atoms. The molecule has 3 heterocycles. The number of halogens is 4. The topological polar surface area (TPSA) is 105 Å². The first-order chi connectivity index (χ1) is 17.9. The number of nitrogens with one attached hydrogen (secondary N) is 2. The van der Waals surface area contributed by atoms with Crippen molar-refractivity contribution in [1.82, 2.24) is 15.2 Å². The van der Waals surface area contributed by atoms with Gasteiger partial charge in [-0.25, -0.2) is 9.37 Å². The summed E-state index contributed by atoms with van der Waals surface area (Å²) in [5.74, 6) is -1.53. The molecule has 1 aromatic heterocycles. The number of carbonyl (C=O) groups excluding carboxylic acids is 2. The number of para-hydroxylation sites is 1. The van der Waals surface area contributed by atoms with Gasteiger partial charge in [-0.1, -0.05) is 6.07 Å². The lowest BCUT2D eigenvalue weighted by Gasteiger charge is -2.40. The van der Waals surface area contributed by atoms with Gasteiger partial charge in [-0.2, -0.15) is 18.4 Å². The van der Waals surface area contributed by atoms with Gasteiger partial charge in [0.05, 0.1) is 29.5 Å². The third-order valence-corrected chi connectivity index (χ3v) is 6.86. The first-order valence-corrected chi connectivity index (χ1v) is 11.9. The summed E-state index contributed by atoms with van der Waals surface area (Å²) in [6, 6.07) is 5.32. The van der Waals surface area contributed by atoms with E-state index in [2.05, 4.69) is 15.6 Å². The van der Waals surface area contributed by atoms with Gasteiger partial charge in [-0.15, -0.1) is 0 Å². The van der Waals surface area contributed by atoms with Gasteiger partial charge in [0.1, 0.15) is 29.3 Å². The minimum absolute atomic E-state index is 0.0250. The number of piperazine rings is 1. The van der Waals surface area contributed by atoms with Crippen molar-refractivity contribution in [3.8, 4) is 6.07 Å². The van der Waals surface area contributed by atoms with E-state index in [1.54, 1.807) is 29.0 Å². The summed E-state index contributed by atoms with van der Waals surface area (Å²) in [6.07, 6.45) is -4.72. The van der Waals surface area contributed by atoms with E-state index >= 15 is 4.39 Å². The van der Waals surface area contributed by atoms with Gasteiger partial charge >= 0.3 is 6.18 Å². The minimum atomic E-state index is -4.79. The quantitative estimate of drug-likeness (QED) is 0.582. The third kappa shape index (κ3) is 5.22. The standard InChI is InChI=1S/C25H27F4N7O2/c1-14-9-17(25(27,28)29)16(10-30)23(32-14)33-19-7-8-36(13-15-11-31-12-21(37)34(15)2)22-18(26)5-4-6-20(22)35(3)24(19)38/h4-6,9,15,19,31H,7-8,11-13H2,1-3H3,(H,32,33)/t15?,19-/m0/s1. The first kappa shape index (κ1) is 27.1. The molecule has 2 aliphatic heterocycles. The molecule has 1 saturated heterocycles. The van der Waals surface area contributed by atoms with Crippen LogP contribution in [-0.2, 0) is 15.8 Å². The lowest BCUT2D eigenvalue weighted by atomic mass is 10.0. The maximum absolute atomic E-state index is 15.2. The SMILES string of the molecule is Cc1cc(C(F)(F)F)c(C#N)c(N[C@H]2CCN(CC3CNCC(=O)N3C)c3c(F)cccc3N(C)C2=O)n1. The molecule has 1 aromatic carbocycles. The molecule has 202 valence electrons. The van der Waals surface area contributed by atoms with Crippen molar-refractivity contribution >= 4 is 29.0 Å². The zero-order chi connectivity index (χ0) is 27.8. The van der Waals surface area contributed by atoms with E-state index in [1.165, 1.54) is 31.0 Å². The summed E-state index contributed by atoms with van der Waals surface area (Å²) in [5, 5.41) is 15.3. The zero-order valence-electron chi connectivity index (χ0n) is 21.1. The molecule has 1 fully saturated rings. The normalized spacial score (nSPS) is 20.5. The number of likely N-dealkylation sites (N-methyl/N-ethyl adjacent to an activating group) is 2. The van der Waals surface area contributed by atoms with Crippen LogP contribution in [0.4, 0.5) is 34.8 Å². The number of amides is 2. The number of nitrogens with zero attached hydrogens (tertiary/aromatic N) is 5. The third-order valence-electron chi connectivity index (χ3n) is 6.86. The minimum Gasteiger partial charge on any atom is -0.365 e. The molecule has 2 atom stereocenters. The Balaban J connectivity index is 1.71. The molecule has 0 spiro atoms. The van der Waals surface area contributed by atoms with Crippen LogP contribution in [0.2, 0.25) is 0 Å². The van der Waals surface area contributed by atoms with Crippen molar-refractivity contribution in [3.05, 3.63) is 46.9 Å². The number of anilines is 3. The largest absolute Gasteiger partial charge is 0.417 e. The Morgan fingerprint density at radius 1 is 1.26 bits per heavy atom. The average Bonchev–Trinajstić information content (AvgIpc) is 2.86. The number of aryl methyl sites for hydroxylation is 1. The van der Waals surface area contributed by atoms with Crippen molar-refractivity contribution in [3.63, 3.8) is 0 Å². The maximum atomic E-state index is 15.2. The smallest absolute Gasteiger partial charge is 0.365 e. The highest BCUT2D eigenvalue weighted by molar-refractivity contribution is 6.01. The van der Waals surface area contributed by atoms with Gasteiger partial charge in [-0.3, -0.25) is 9.59 Å². The fraction of sp³-hybridized carbons (Fsp3) is 0.440. The van der Waals surface area contributed by atoms with E-state index < -0.39 is 35.1 Å². The maximum Gasteiger partial charge on any atom is 0.417 e. The molecule has 2 aromatic rings. The van der Waals surface area contributed by atoms with Crippen LogP contribution in [0.5, 0.6) is 0 Å². The molecule has 0 saturated carbocycles. The second kappa shape index (κ2) is 10.4. The van der Waals surface area contributed by atoms with Crippen molar-refractivity contribution in [1.29, 1.82) is 5.26 Å². The Labute approximate surface area is 217 Å². The Bertz CT molecular complexity index is 1290. The highest BCUT2D eigenvalue weighted by Gasteiger charge is 2.38. The van der Waals surface area contributed by atoms with E-state index in [1.807, 2.05) is 0 Å². The Morgan fingerprint density at radius 2 is 2.00 bits per heavy atom. The van der Waals surface area contributed by atoms with Crippen LogP contribution in [-0.4, -0.2) is 74.1 Å². The number of pyridine rings is 1. The molecule has 1 unspecified atom stereocenters. The second-order valence-electron chi connectivity index (χ2n) is 9.37. The van der Waals surface area contributed by atoms with E-state index in [9.17, 15) is 28.0 Å². The molecule has 2 N–H and O–H groups in total. The number of rotatable bonds is 4. The Hall–Kier alpha value is -3.92. The number of alkyl halides is 3. The molecule has 13 heteroatoms. The Morgan fingerprint density at radius 3 is 2.68 bits per heavy atom. The number of nitriles is 1. The predicted octanol–water partition coefficient (Wildman–Crippen LogP) is 2.50. The van der Waals surface area contributed by atoms with Crippen LogP contribution < -0.4 is 20.4 Å². The van der Waals surface area contributed by atoms with Crippen LogP contribution in [0.3, 0.4) is 0 Å². The van der Waals surface area contributed by atoms with E-state index in [0.717, 1.165) is 6.07 Å². The van der Waals surface area contributed by atoms with Gasteiger partial charge in [0.25, 0.3) is 0 Å². The van der Waals surface area contributed by atoms with Crippen LogP contribution in [0.15, 0.2) is 24.3 Å². The summed E-state index contributed by atoms with van der Waals surface area (Å²) in [6.45, 7) is 2.44. The van der Waals surface area contributed by atoms with Crippen molar-refractivity contribution in [2.45, 2.75) is 31.6 Å². The number of carbonyl (C=O) groups is 2. The summed E-state index contributed by atoms with van der Waals surface area (Å²) < 4.78 is 56.0. The highest BCUT2D eigenvalue weighted by Crippen LogP contribution is 2.37. The van der Waals surface area contributed by atoms with Crippen LogP contribution >= 0.6 is 0 Å². The summed E-state index contributed by atoms with van der Waals surface area (Å²) >= 11 is 0. The average molecular weight is 534 g/mol. The van der Waals surface area contributed by atoms with Gasteiger partial charge < -0.3 is 25.3 Å². The number of fused-ring (bicyclic) bond motifs is 1. The number of aromatic nitrogens is 1. The number of hydrogen-bond donors (Lipinski definition) is 2. The van der Waals surface area contributed by atoms with Crippen LogP contribution in [0, 0.1) is 24.1 Å². The van der Waals surface area contributed by atoms with E-state index in [4.69, 9.17) is 0 Å². The summed E-state index contributed by atoms with van der Waals surface area (Å²) in [7, 11) is 3.12. The monoisotopic (exact) mass is 533 g/mol. The first-order valence-electron chi connectivity index (χ1n) is 11.9. The lowest BCUT2D eigenvalue weighted by Crippen LogP contribution is -2.57. The summed E-state index contributed by atoms with van der Waals surface area (Å²) in [4.78, 5) is 34.3. The van der Waals surface area contributed by atoms with Crippen molar-refractivity contribution in [2.75, 3.05) is 55.4 Å². The zero-order valence-corrected chi connectivity index (χ0v) is 21.1. The van der Waals surface area contributed by atoms with E-state index in [0.29, 0.717) is 6.54 Å². The molecule has 0 aliphatic carbocycles. The molecular weight excluding hydrogens is 506 g/mol. The second-order valence-corrected chi connectivity index (χ2v) is 9.37. The Kier molecular flexibility index (Phi) is 7.46. The van der Waals surface area contributed by atoms with Crippen molar-refractivity contribution in [2.24, 2.45) is 0 Å².